The maximum absolute atomic E-state index is 12.1. The third-order valence-corrected chi connectivity index (χ3v) is 4.25. The van der Waals surface area contributed by atoms with Gasteiger partial charge in [-0.1, -0.05) is 31.5 Å². The second-order valence-electron chi connectivity index (χ2n) is 4.31. The number of benzene rings is 1. The van der Waals surface area contributed by atoms with Crippen LogP contribution in [0.25, 0.3) is 0 Å². The third kappa shape index (κ3) is 3.30. The SMILES string of the molecule is CCCC(C)(NS(=O)(=O)c1ccccc1)C(=O)O. The Bertz CT molecular complexity index is 512. The molecule has 0 radical (unpaired) electrons. The van der Waals surface area contributed by atoms with Crippen LogP contribution in [0.1, 0.15) is 26.7 Å². The predicted octanol–water partition coefficient (Wildman–Crippen LogP) is 1.61. The second kappa shape index (κ2) is 5.49. The first-order chi connectivity index (χ1) is 8.32. The summed E-state index contributed by atoms with van der Waals surface area (Å²) in [5, 5.41) is 9.15. The smallest absolute Gasteiger partial charge is 0.324 e. The number of carboxylic acids is 1. The first kappa shape index (κ1) is 14.7. The van der Waals surface area contributed by atoms with Crippen molar-refractivity contribution in [2.75, 3.05) is 0 Å². The highest BCUT2D eigenvalue weighted by molar-refractivity contribution is 7.89. The molecule has 0 aliphatic carbocycles. The molecule has 0 bridgehead atoms. The quantitative estimate of drug-likeness (QED) is 0.823. The molecule has 5 nitrogen and oxygen atoms in total. The highest BCUT2D eigenvalue weighted by Crippen LogP contribution is 2.17. The van der Waals surface area contributed by atoms with Crippen LogP contribution in [-0.2, 0) is 14.8 Å². The summed E-state index contributed by atoms with van der Waals surface area (Å²) in [6.45, 7) is 3.18. The summed E-state index contributed by atoms with van der Waals surface area (Å²) in [5.41, 5.74) is -1.48. The van der Waals surface area contributed by atoms with Crippen molar-refractivity contribution in [1.82, 2.24) is 4.72 Å². The Balaban J connectivity index is 3.05. The zero-order chi connectivity index (χ0) is 13.8. The summed E-state index contributed by atoms with van der Waals surface area (Å²) < 4.78 is 26.4. The van der Waals surface area contributed by atoms with Gasteiger partial charge in [0, 0.05) is 0 Å². The fourth-order valence-corrected chi connectivity index (χ4v) is 3.07. The number of hydrogen-bond acceptors (Lipinski definition) is 3. The van der Waals surface area contributed by atoms with E-state index in [1.165, 1.54) is 19.1 Å². The van der Waals surface area contributed by atoms with E-state index in [1.54, 1.807) is 25.1 Å². The summed E-state index contributed by atoms with van der Waals surface area (Å²) >= 11 is 0. The average Bonchev–Trinajstić information content (AvgIpc) is 2.29. The molecule has 1 rings (SSSR count). The molecular weight excluding hydrogens is 254 g/mol. The van der Waals surface area contributed by atoms with E-state index in [2.05, 4.69) is 4.72 Å². The molecule has 18 heavy (non-hydrogen) atoms. The lowest BCUT2D eigenvalue weighted by Gasteiger charge is -2.25. The number of carboxylic acid groups (broad SMARTS) is 1. The number of hydrogen-bond donors (Lipinski definition) is 2. The molecule has 0 fully saturated rings. The van der Waals surface area contributed by atoms with E-state index in [0.29, 0.717) is 6.42 Å². The van der Waals surface area contributed by atoms with Gasteiger partial charge in [0.25, 0.3) is 0 Å². The molecular formula is C12H17NO4S. The van der Waals surface area contributed by atoms with Crippen LogP contribution in [0.4, 0.5) is 0 Å². The summed E-state index contributed by atoms with van der Waals surface area (Å²) in [7, 11) is -3.82. The highest BCUT2D eigenvalue weighted by atomic mass is 32.2. The van der Waals surface area contributed by atoms with E-state index in [0.717, 1.165) is 0 Å². The molecule has 0 aliphatic heterocycles. The minimum atomic E-state index is -3.82. The average molecular weight is 271 g/mol. The van der Waals surface area contributed by atoms with Crippen LogP contribution in [0.3, 0.4) is 0 Å². The van der Waals surface area contributed by atoms with Crippen LogP contribution in [-0.4, -0.2) is 25.0 Å². The van der Waals surface area contributed by atoms with Crippen molar-refractivity contribution in [3.63, 3.8) is 0 Å². The lowest BCUT2D eigenvalue weighted by molar-refractivity contribution is -0.143. The van der Waals surface area contributed by atoms with Gasteiger partial charge in [-0.15, -0.1) is 0 Å². The standard InChI is InChI=1S/C12H17NO4S/c1-3-9-12(2,11(14)15)13-18(16,17)10-7-5-4-6-8-10/h4-8,13H,3,9H2,1-2H3,(H,14,15). The fraction of sp³-hybridized carbons (Fsp3) is 0.417. The monoisotopic (exact) mass is 271 g/mol. The van der Waals surface area contributed by atoms with Gasteiger partial charge in [0.1, 0.15) is 5.54 Å². The Labute approximate surface area is 107 Å². The van der Waals surface area contributed by atoms with Crippen molar-refractivity contribution in [2.45, 2.75) is 37.1 Å². The van der Waals surface area contributed by atoms with Gasteiger partial charge in [-0.25, -0.2) is 8.42 Å². The van der Waals surface area contributed by atoms with Crippen molar-refractivity contribution in [3.05, 3.63) is 30.3 Å². The highest BCUT2D eigenvalue weighted by Gasteiger charge is 2.36. The molecule has 0 saturated heterocycles. The lowest BCUT2D eigenvalue weighted by Crippen LogP contribution is -2.51. The molecule has 0 spiro atoms. The summed E-state index contributed by atoms with van der Waals surface area (Å²) in [4.78, 5) is 11.3. The fourth-order valence-electron chi connectivity index (χ4n) is 1.66. The van der Waals surface area contributed by atoms with Crippen molar-refractivity contribution in [3.8, 4) is 0 Å². The van der Waals surface area contributed by atoms with Crippen molar-refractivity contribution >= 4 is 16.0 Å². The normalized spacial score (nSPS) is 15.0. The minimum Gasteiger partial charge on any atom is -0.480 e. The van der Waals surface area contributed by atoms with E-state index in [4.69, 9.17) is 5.11 Å². The number of carbonyl (C=O) groups is 1. The molecule has 100 valence electrons. The van der Waals surface area contributed by atoms with E-state index in [1.807, 2.05) is 0 Å². The second-order valence-corrected chi connectivity index (χ2v) is 5.99. The topological polar surface area (TPSA) is 83.5 Å². The van der Waals surface area contributed by atoms with Crippen LogP contribution < -0.4 is 4.72 Å². The number of rotatable bonds is 6. The molecule has 1 aromatic carbocycles. The molecule has 6 heteroatoms. The van der Waals surface area contributed by atoms with E-state index < -0.39 is 21.5 Å². The Morgan fingerprint density at radius 2 is 1.89 bits per heavy atom. The number of aliphatic carboxylic acids is 1. The van der Waals surface area contributed by atoms with E-state index in [-0.39, 0.29) is 11.3 Å². The van der Waals surface area contributed by atoms with Gasteiger partial charge in [0.2, 0.25) is 10.0 Å². The molecule has 1 atom stereocenters. The Morgan fingerprint density at radius 1 is 1.33 bits per heavy atom. The zero-order valence-electron chi connectivity index (χ0n) is 10.4. The summed E-state index contributed by atoms with van der Waals surface area (Å²) in [5.74, 6) is -1.18. The van der Waals surface area contributed by atoms with Crippen LogP contribution in [0.2, 0.25) is 0 Å². The predicted molar refractivity (Wildman–Crippen MR) is 67.7 cm³/mol. The van der Waals surface area contributed by atoms with Gasteiger partial charge < -0.3 is 5.11 Å². The van der Waals surface area contributed by atoms with Gasteiger partial charge in [0.05, 0.1) is 4.90 Å². The Hall–Kier alpha value is -1.40. The summed E-state index contributed by atoms with van der Waals surface area (Å²) in [6, 6.07) is 7.73. The van der Waals surface area contributed by atoms with Gasteiger partial charge in [-0.05, 0) is 25.5 Å². The van der Waals surface area contributed by atoms with Crippen molar-refractivity contribution in [1.29, 1.82) is 0 Å². The van der Waals surface area contributed by atoms with Crippen LogP contribution in [0, 0.1) is 0 Å². The molecule has 2 N–H and O–H groups in total. The number of nitrogens with one attached hydrogen (secondary N) is 1. The maximum Gasteiger partial charge on any atom is 0.324 e. The van der Waals surface area contributed by atoms with Gasteiger partial charge in [-0.3, -0.25) is 4.79 Å². The van der Waals surface area contributed by atoms with Crippen molar-refractivity contribution < 1.29 is 18.3 Å². The molecule has 0 aliphatic rings. The third-order valence-electron chi connectivity index (χ3n) is 2.64. The van der Waals surface area contributed by atoms with Crippen LogP contribution in [0.15, 0.2) is 35.2 Å². The molecule has 1 aromatic rings. The van der Waals surface area contributed by atoms with Crippen molar-refractivity contribution in [2.24, 2.45) is 0 Å². The first-order valence-electron chi connectivity index (χ1n) is 5.64. The molecule has 0 aromatic heterocycles. The van der Waals surface area contributed by atoms with Crippen LogP contribution >= 0.6 is 0 Å². The maximum atomic E-state index is 12.1. The molecule has 0 heterocycles. The Morgan fingerprint density at radius 3 is 2.33 bits per heavy atom. The zero-order valence-corrected chi connectivity index (χ0v) is 11.2. The molecule has 0 saturated carbocycles. The Kier molecular flexibility index (Phi) is 4.48. The molecule has 1 unspecified atom stereocenters. The largest absolute Gasteiger partial charge is 0.480 e. The first-order valence-corrected chi connectivity index (χ1v) is 7.12. The lowest BCUT2D eigenvalue weighted by atomic mass is 9.98. The van der Waals surface area contributed by atoms with Gasteiger partial charge in [0.15, 0.2) is 0 Å². The van der Waals surface area contributed by atoms with E-state index in [9.17, 15) is 13.2 Å². The minimum absolute atomic E-state index is 0.0635. The number of sulfonamides is 1. The van der Waals surface area contributed by atoms with Gasteiger partial charge in [-0.2, -0.15) is 4.72 Å². The molecule has 0 amide bonds. The summed E-state index contributed by atoms with van der Waals surface area (Å²) in [6.07, 6.45) is 0.800. The van der Waals surface area contributed by atoms with Gasteiger partial charge >= 0.3 is 5.97 Å². The van der Waals surface area contributed by atoms with Crippen LogP contribution in [0.5, 0.6) is 0 Å². The van der Waals surface area contributed by atoms with E-state index >= 15 is 0 Å².